The van der Waals surface area contributed by atoms with Gasteiger partial charge < -0.3 is 10.1 Å². The van der Waals surface area contributed by atoms with E-state index in [4.69, 9.17) is 4.74 Å². The van der Waals surface area contributed by atoms with Gasteiger partial charge in [0.05, 0.1) is 35.9 Å². The topological polar surface area (TPSA) is 107 Å². The summed E-state index contributed by atoms with van der Waals surface area (Å²) in [6, 6.07) is 5.80. The molecule has 1 aromatic heterocycles. The first-order chi connectivity index (χ1) is 13.2. The predicted molar refractivity (Wildman–Crippen MR) is 104 cm³/mol. The van der Waals surface area contributed by atoms with E-state index < -0.39 is 21.7 Å². The van der Waals surface area contributed by atoms with E-state index in [0.29, 0.717) is 17.1 Å². The molecular weight excluding hydrogens is 382 g/mol. The van der Waals surface area contributed by atoms with Gasteiger partial charge in [0.15, 0.2) is 9.84 Å². The van der Waals surface area contributed by atoms with Crippen molar-refractivity contribution < 1.29 is 22.7 Å². The van der Waals surface area contributed by atoms with Gasteiger partial charge in [0.25, 0.3) is 0 Å². The first-order valence-corrected chi connectivity index (χ1v) is 10.9. The standard InChI is InChI=1S/C19H23N3O5S/c1-4-27-18(24)8-7-17(23)20-19-14-10-28(25,26)11-15(14)21-22(19)16-6-5-12(2)9-13(16)3/h5-6,9H,4,7-8,10-11H2,1-3H3,(H,20,23). The minimum absolute atomic E-state index is 0.0438. The number of anilines is 1. The van der Waals surface area contributed by atoms with Crippen LogP contribution in [0, 0.1) is 13.8 Å². The third-order valence-electron chi connectivity index (χ3n) is 4.49. The Morgan fingerprint density at radius 3 is 2.64 bits per heavy atom. The van der Waals surface area contributed by atoms with Crippen molar-refractivity contribution >= 4 is 27.5 Å². The SMILES string of the molecule is CCOC(=O)CCC(=O)Nc1c2c(nn1-c1ccc(C)cc1C)CS(=O)(=O)C2. The van der Waals surface area contributed by atoms with E-state index in [9.17, 15) is 18.0 Å². The van der Waals surface area contributed by atoms with Crippen LogP contribution in [0.25, 0.3) is 5.69 Å². The number of ether oxygens (including phenoxy) is 1. The van der Waals surface area contributed by atoms with Gasteiger partial charge in [0, 0.05) is 12.0 Å². The first-order valence-electron chi connectivity index (χ1n) is 9.04. The number of nitrogens with zero attached hydrogens (tertiary/aromatic N) is 2. The Balaban J connectivity index is 1.92. The molecule has 28 heavy (non-hydrogen) atoms. The van der Waals surface area contributed by atoms with E-state index in [1.165, 1.54) is 0 Å². The van der Waals surface area contributed by atoms with E-state index in [1.54, 1.807) is 11.6 Å². The molecule has 0 atom stereocenters. The molecule has 0 aliphatic carbocycles. The molecule has 0 spiro atoms. The number of sulfone groups is 1. The fourth-order valence-corrected chi connectivity index (χ4v) is 4.73. The lowest BCUT2D eigenvalue weighted by Crippen LogP contribution is -2.18. The Hall–Kier alpha value is -2.68. The quantitative estimate of drug-likeness (QED) is 0.738. The lowest BCUT2D eigenvalue weighted by atomic mass is 10.1. The summed E-state index contributed by atoms with van der Waals surface area (Å²) in [5.74, 6) is -0.816. The van der Waals surface area contributed by atoms with Gasteiger partial charge in [0.1, 0.15) is 5.82 Å². The van der Waals surface area contributed by atoms with Gasteiger partial charge in [-0.3, -0.25) is 9.59 Å². The minimum Gasteiger partial charge on any atom is -0.466 e. The summed E-state index contributed by atoms with van der Waals surface area (Å²) in [6.07, 6.45) is -0.101. The number of amides is 1. The highest BCUT2D eigenvalue weighted by Crippen LogP contribution is 2.33. The van der Waals surface area contributed by atoms with Gasteiger partial charge in [-0.2, -0.15) is 5.10 Å². The maximum atomic E-state index is 12.4. The third kappa shape index (κ3) is 4.24. The second-order valence-corrected chi connectivity index (χ2v) is 8.93. The molecule has 9 heteroatoms. The molecule has 1 amide bonds. The lowest BCUT2D eigenvalue weighted by Gasteiger charge is -2.13. The second-order valence-electron chi connectivity index (χ2n) is 6.86. The summed E-state index contributed by atoms with van der Waals surface area (Å²) in [6.45, 7) is 5.86. The van der Waals surface area contributed by atoms with Gasteiger partial charge in [-0.25, -0.2) is 13.1 Å². The number of aromatic nitrogens is 2. The van der Waals surface area contributed by atoms with Crippen LogP contribution in [0.5, 0.6) is 0 Å². The number of carbonyl (C=O) groups is 2. The van der Waals surface area contributed by atoms with Crippen molar-refractivity contribution in [2.75, 3.05) is 11.9 Å². The monoisotopic (exact) mass is 405 g/mol. The Labute approximate surface area is 163 Å². The van der Waals surface area contributed by atoms with Crippen molar-refractivity contribution in [3.63, 3.8) is 0 Å². The highest BCUT2D eigenvalue weighted by atomic mass is 32.2. The lowest BCUT2D eigenvalue weighted by molar-refractivity contribution is -0.144. The molecule has 3 rings (SSSR count). The molecule has 0 fully saturated rings. The van der Waals surface area contributed by atoms with E-state index in [0.717, 1.165) is 16.8 Å². The number of benzene rings is 1. The summed E-state index contributed by atoms with van der Waals surface area (Å²) in [5, 5.41) is 7.21. The van der Waals surface area contributed by atoms with Crippen LogP contribution < -0.4 is 5.32 Å². The number of hydrogen-bond donors (Lipinski definition) is 1. The second kappa shape index (κ2) is 7.75. The normalized spacial score (nSPS) is 14.5. The average Bonchev–Trinajstić information content (AvgIpc) is 3.06. The zero-order chi connectivity index (χ0) is 20.5. The molecular formula is C19H23N3O5S. The van der Waals surface area contributed by atoms with Crippen LogP contribution in [0.15, 0.2) is 18.2 Å². The molecule has 0 unspecified atom stereocenters. The molecule has 150 valence electrons. The summed E-state index contributed by atoms with van der Waals surface area (Å²) >= 11 is 0. The molecule has 1 aliphatic heterocycles. The molecule has 0 radical (unpaired) electrons. The van der Waals surface area contributed by atoms with Crippen LogP contribution >= 0.6 is 0 Å². The smallest absolute Gasteiger partial charge is 0.306 e. The van der Waals surface area contributed by atoms with Gasteiger partial charge in [0.2, 0.25) is 5.91 Å². The molecule has 1 N–H and O–H groups in total. The zero-order valence-corrected chi connectivity index (χ0v) is 16.9. The maximum Gasteiger partial charge on any atom is 0.306 e. The molecule has 1 aromatic carbocycles. The van der Waals surface area contributed by atoms with Crippen molar-refractivity contribution in [1.29, 1.82) is 0 Å². The van der Waals surface area contributed by atoms with Crippen LogP contribution in [0.4, 0.5) is 5.82 Å². The van der Waals surface area contributed by atoms with Crippen molar-refractivity contribution in [2.45, 2.75) is 45.1 Å². The Kier molecular flexibility index (Phi) is 5.55. The fraction of sp³-hybridized carbons (Fsp3) is 0.421. The third-order valence-corrected chi connectivity index (χ3v) is 5.93. The number of esters is 1. The molecule has 1 aliphatic rings. The molecule has 0 saturated heterocycles. The summed E-state index contributed by atoms with van der Waals surface area (Å²) in [7, 11) is -3.27. The number of fused-ring (bicyclic) bond motifs is 1. The van der Waals surface area contributed by atoms with Gasteiger partial charge in [-0.05, 0) is 32.4 Å². The van der Waals surface area contributed by atoms with Crippen molar-refractivity contribution in [1.82, 2.24) is 9.78 Å². The predicted octanol–water partition coefficient (Wildman–Crippen LogP) is 2.20. The van der Waals surface area contributed by atoms with Crippen LogP contribution in [0.2, 0.25) is 0 Å². The number of nitrogens with one attached hydrogen (secondary N) is 1. The van der Waals surface area contributed by atoms with E-state index in [2.05, 4.69) is 10.4 Å². The van der Waals surface area contributed by atoms with E-state index in [-0.39, 0.29) is 31.0 Å². The number of hydrogen-bond acceptors (Lipinski definition) is 6. The Bertz CT molecular complexity index is 1040. The summed E-state index contributed by atoms with van der Waals surface area (Å²) < 4.78 is 30.4. The van der Waals surface area contributed by atoms with Gasteiger partial charge in [-0.15, -0.1) is 0 Å². The van der Waals surface area contributed by atoms with Crippen LogP contribution in [-0.4, -0.2) is 36.7 Å². The van der Waals surface area contributed by atoms with Gasteiger partial charge in [-0.1, -0.05) is 17.7 Å². The van der Waals surface area contributed by atoms with E-state index in [1.807, 2.05) is 32.0 Å². The number of carbonyl (C=O) groups excluding carboxylic acids is 2. The number of aryl methyl sites for hydroxylation is 2. The molecule has 0 saturated carbocycles. The largest absolute Gasteiger partial charge is 0.466 e. The van der Waals surface area contributed by atoms with Crippen LogP contribution in [0.1, 0.15) is 42.1 Å². The Morgan fingerprint density at radius 2 is 1.96 bits per heavy atom. The highest BCUT2D eigenvalue weighted by Gasteiger charge is 2.33. The summed E-state index contributed by atoms with van der Waals surface area (Å²) in [5.41, 5.74) is 3.75. The highest BCUT2D eigenvalue weighted by molar-refractivity contribution is 7.90. The molecule has 2 aromatic rings. The first kappa shape index (κ1) is 20.1. The molecule has 8 nitrogen and oxygen atoms in total. The van der Waals surface area contributed by atoms with Crippen LogP contribution in [-0.2, 0) is 35.7 Å². The maximum absolute atomic E-state index is 12.4. The fourth-order valence-electron chi connectivity index (χ4n) is 3.23. The molecule has 2 heterocycles. The van der Waals surface area contributed by atoms with Crippen molar-refractivity contribution in [3.05, 3.63) is 40.6 Å². The van der Waals surface area contributed by atoms with Gasteiger partial charge >= 0.3 is 5.97 Å². The summed E-state index contributed by atoms with van der Waals surface area (Å²) in [4.78, 5) is 23.9. The van der Waals surface area contributed by atoms with Crippen molar-refractivity contribution in [2.24, 2.45) is 0 Å². The molecule has 0 bridgehead atoms. The average molecular weight is 405 g/mol. The van der Waals surface area contributed by atoms with Crippen LogP contribution in [0.3, 0.4) is 0 Å². The Morgan fingerprint density at radius 1 is 1.21 bits per heavy atom. The zero-order valence-electron chi connectivity index (χ0n) is 16.1. The van der Waals surface area contributed by atoms with Crippen molar-refractivity contribution in [3.8, 4) is 5.69 Å². The van der Waals surface area contributed by atoms with E-state index >= 15 is 0 Å². The minimum atomic E-state index is -3.27. The number of rotatable bonds is 6.